The van der Waals surface area contributed by atoms with Crippen LogP contribution in [0.25, 0.3) is 32.9 Å². The SMILES string of the molecule is CC(C)[Si](C#Cc1c(F)ccc2cc(O)cc(-c3ncc4c(N5CCC6CC6CC5)nc(OC[C@@]56CCCN5C[C@H](F)C6)nc4c3F)c12)(C(C)C)C(C)C. The lowest BCUT2D eigenvalue weighted by Crippen LogP contribution is -2.43. The molecule has 4 atom stereocenters. The van der Waals surface area contributed by atoms with Crippen molar-refractivity contribution in [3.8, 4) is 34.5 Å². The number of nitrogens with zero attached hydrogens (tertiary/aromatic N) is 5. The number of alkyl halides is 1. The summed E-state index contributed by atoms with van der Waals surface area (Å²) in [5, 5.41) is 12.3. The lowest BCUT2D eigenvalue weighted by molar-refractivity contribution is 0.107. The van der Waals surface area contributed by atoms with E-state index in [2.05, 4.69) is 72.8 Å². The van der Waals surface area contributed by atoms with Crippen LogP contribution in [-0.2, 0) is 0 Å². The number of aromatic nitrogens is 3. The van der Waals surface area contributed by atoms with E-state index in [1.165, 1.54) is 18.6 Å². The standard InChI is InChI=1S/C43H52F3N5O2Si/c1-25(2)54(26(3)4,27(5)6)17-12-33-36(45)9-8-30-19-32(52)20-34(37(30)33)39-38(46)40-35(22-47-39)41(50-15-10-28-18-29(28)11-16-50)49-42(48-40)53-24-43-13-7-14-51(43)23-31(44)21-43/h8-9,19-20,22,25-29,31,52H,7,10-11,13-16,18,21,23-24H2,1-6H3/t28?,29?,31-,43+/m1/s1. The average Bonchev–Trinajstić information content (AvgIpc) is 3.71. The van der Waals surface area contributed by atoms with E-state index in [1.54, 1.807) is 18.3 Å². The highest BCUT2D eigenvalue weighted by atomic mass is 28.3. The molecule has 1 aliphatic carbocycles. The molecule has 3 aliphatic heterocycles. The molecule has 7 nitrogen and oxygen atoms in total. The van der Waals surface area contributed by atoms with Crippen LogP contribution in [0.4, 0.5) is 19.0 Å². The topological polar surface area (TPSA) is 74.6 Å². The molecule has 11 heteroatoms. The van der Waals surface area contributed by atoms with Crippen LogP contribution in [0.5, 0.6) is 11.8 Å². The third-order valence-corrected chi connectivity index (χ3v) is 19.6. The number of aromatic hydroxyl groups is 1. The summed E-state index contributed by atoms with van der Waals surface area (Å²) < 4.78 is 54.3. The molecule has 5 heterocycles. The van der Waals surface area contributed by atoms with Crippen molar-refractivity contribution in [3.05, 3.63) is 47.7 Å². The fourth-order valence-corrected chi connectivity index (χ4v) is 15.7. The number of benzene rings is 2. The molecule has 2 unspecified atom stereocenters. The first-order chi connectivity index (χ1) is 25.8. The molecule has 0 bridgehead atoms. The molecule has 4 aliphatic rings. The van der Waals surface area contributed by atoms with Gasteiger partial charge in [0, 0.05) is 43.2 Å². The third-order valence-electron chi connectivity index (χ3n) is 13.4. The Balaban J connectivity index is 1.28. The number of halogens is 3. The van der Waals surface area contributed by atoms with Gasteiger partial charge in [0.1, 0.15) is 49.4 Å². The number of pyridine rings is 1. The summed E-state index contributed by atoms with van der Waals surface area (Å²) in [4.78, 5) is 18.6. The molecule has 4 aromatic rings. The van der Waals surface area contributed by atoms with E-state index in [0.717, 1.165) is 57.2 Å². The fourth-order valence-electron chi connectivity index (χ4n) is 10.5. The Hall–Kier alpha value is -3.88. The summed E-state index contributed by atoms with van der Waals surface area (Å²) in [5.74, 6) is 3.97. The quantitative estimate of drug-likeness (QED) is 0.142. The minimum atomic E-state index is -2.27. The maximum absolute atomic E-state index is 17.3. The van der Waals surface area contributed by atoms with Gasteiger partial charge in [0.15, 0.2) is 5.82 Å². The fraction of sp³-hybridized carbons (Fsp3) is 0.558. The largest absolute Gasteiger partial charge is 0.508 e. The zero-order valence-corrected chi connectivity index (χ0v) is 33.4. The van der Waals surface area contributed by atoms with Gasteiger partial charge in [-0.3, -0.25) is 9.88 Å². The number of hydrogen-bond donors (Lipinski definition) is 1. The van der Waals surface area contributed by atoms with E-state index in [-0.39, 0.29) is 40.7 Å². The van der Waals surface area contributed by atoms with Crippen LogP contribution in [0.2, 0.25) is 16.6 Å². The molecule has 54 heavy (non-hydrogen) atoms. The van der Waals surface area contributed by atoms with Crippen molar-refractivity contribution in [1.29, 1.82) is 0 Å². The summed E-state index contributed by atoms with van der Waals surface area (Å²) >= 11 is 0. The van der Waals surface area contributed by atoms with Crippen LogP contribution < -0.4 is 9.64 Å². The van der Waals surface area contributed by atoms with E-state index in [4.69, 9.17) is 9.72 Å². The Labute approximate surface area is 317 Å². The predicted octanol–water partition coefficient (Wildman–Crippen LogP) is 9.59. The van der Waals surface area contributed by atoms with Crippen molar-refractivity contribution in [2.24, 2.45) is 11.8 Å². The van der Waals surface area contributed by atoms with Crippen molar-refractivity contribution < 1.29 is 23.0 Å². The second-order valence-corrected chi connectivity index (χ2v) is 22.9. The van der Waals surface area contributed by atoms with Gasteiger partial charge < -0.3 is 14.7 Å². The van der Waals surface area contributed by atoms with E-state index >= 15 is 8.78 Å². The number of hydrogen-bond acceptors (Lipinski definition) is 7. The minimum Gasteiger partial charge on any atom is -0.508 e. The maximum Gasteiger partial charge on any atom is 0.319 e. The highest BCUT2D eigenvalue weighted by molar-refractivity contribution is 6.90. The molecule has 1 saturated carbocycles. The molecule has 0 spiro atoms. The van der Waals surface area contributed by atoms with Gasteiger partial charge in [-0.05, 0) is 90.7 Å². The molecule has 0 amide bonds. The number of fused-ring (bicyclic) bond motifs is 4. The Morgan fingerprint density at radius 3 is 2.43 bits per heavy atom. The molecular weight excluding hydrogens is 704 g/mol. The zero-order chi connectivity index (χ0) is 38.1. The highest BCUT2D eigenvalue weighted by Gasteiger charge is 2.49. The molecule has 4 fully saturated rings. The lowest BCUT2D eigenvalue weighted by atomic mass is 9.95. The van der Waals surface area contributed by atoms with Gasteiger partial charge in [0.25, 0.3) is 0 Å². The molecule has 0 radical (unpaired) electrons. The first-order valence-electron chi connectivity index (χ1n) is 19.9. The lowest BCUT2D eigenvalue weighted by Gasteiger charge is -2.38. The van der Waals surface area contributed by atoms with Crippen LogP contribution in [0.15, 0.2) is 30.5 Å². The van der Waals surface area contributed by atoms with Gasteiger partial charge in [-0.15, -0.1) is 5.54 Å². The van der Waals surface area contributed by atoms with Gasteiger partial charge >= 0.3 is 6.01 Å². The van der Waals surface area contributed by atoms with Gasteiger partial charge in [-0.25, -0.2) is 13.2 Å². The second-order valence-electron chi connectivity index (χ2n) is 17.4. The van der Waals surface area contributed by atoms with E-state index in [1.807, 2.05) is 0 Å². The zero-order valence-electron chi connectivity index (χ0n) is 32.4. The summed E-state index contributed by atoms with van der Waals surface area (Å²) in [6, 6.07) is 5.97. The van der Waals surface area contributed by atoms with Crippen molar-refractivity contribution in [2.45, 2.75) is 108 Å². The van der Waals surface area contributed by atoms with Crippen LogP contribution in [0.3, 0.4) is 0 Å². The minimum absolute atomic E-state index is 0.0383. The average molecular weight is 756 g/mol. The number of phenols is 1. The van der Waals surface area contributed by atoms with Crippen molar-refractivity contribution in [3.63, 3.8) is 0 Å². The van der Waals surface area contributed by atoms with Gasteiger partial charge in [-0.1, -0.05) is 53.5 Å². The molecule has 2 aromatic carbocycles. The van der Waals surface area contributed by atoms with Gasteiger partial charge in [0.2, 0.25) is 0 Å². The summed E-state index contributed by atoms with van der Waals surface area (Å²) in [6.45, 7) is 16.2. The van der Waals surface area contributed by atoms with Gasteiger partial charge in [0.05, 0.1) is 16.5 Å². The third kappa shape index (κ3) is 6.31. The summed E-state index contributed by atoms with van der Waals surface area (Å²) in [7, 11) is -2.27. The van der Waals surface area contributed by atoms with E-state index < -0.39 is 31.4 Å². The number of rotatable bonds is 8. The van der Waals surface area contributed by atoms with Crippen molar-refractivity contribution in [1.82, 2.24) is 19.9 Å². The van der Waals surface area contributed by atoms with Crippen LogP contribution in [0, 0.1) is 34.9 Å². The molecule has 1 N–H and O–H groups in total. The number of ether oxygens (including phenoxy) is 1. The Kier molecular flexibility index (Phi) is 9.61. The highest BCUT2D eigenvalue weighted by Crippen LogP contribution is 2.47. The summed E-state index contributed by atoms with van der Waals surface area (Å²) in [5.41, 5.74) is 4.57. The second kappa shape index (κ2) is 14.0. The predicted molar refractivity (Wildman–Crippen MR) is 211 cm³/mol. The molecule has 8 rings (SSSR count). The van der Waals surface area contributed by atoms with Gasteiger partial charge in [-0.2, -0.15) is 9.97 Å². The molecular formula is C43H52F3N5O2Si. The Morgan fingerprint density at radius 1 is 1.00 bits per heavy atom. The van der Waals surface area contributed by atoms with Crippen molar-refractivity contribution in [2.75, 3.05) is 37.7 Å². The molecule has 3 saturated heterocycles. The maximum atomic E-state index is 17.3. The first-order valence-corrected chi connectivity index (χ1v) is 22.2. The smallest absolute Gasteiger partial charge is 0.319 e. The summed E-state index contributed by atoms with van der Waals surface area (Å²) in [6.07, 6.45) is 6.22. The Bertz CT molecular complexity index is 2130. The van der Waals surface area contributed by atoms with E-state index in [0.29, 0.717) is 51.6 Å². The van der Waals surface area contributed by atoms with Crippen molar-refractivity contribution >= 4 is 35.6 Å². The van der Waals surface area contributed by atoms with Crippen LogP contribution in [-0.4, -0.2) is 77.5 Å². The Morgan fingerprint density at radius 2 is 1.72 bits per heavy atom. The first kappa shape index (κ1) is 37.1. The van der Waals surface area contributed by atoms with E-state index in [9.17, 15) is 9.50 Å². The monoisotopic (exact) mass is 755 g/mol. The van der Waals surface area contributed by atoms with Crippen LogP contribution >= 0.6 is 0 Å². The molecule has 2 aromatic heterocycles. The normalized spacial score (nSPS) is 24.3. The number of anilines is 1. The van der Waals surface area contributed by atoms with Crippen LogP contribution in [0.1, 0.15) is 85.6 Å². The molecule has 286 valence electrons. The number of phenolic OH excluding ortho intramolecular Hbond substituents is 1.